The van der Waals surface area contributed by atoms with Crippen LogP contribution in [0.3, 0.4) is 0 Å². The predicted octanol–water partition coefficient (Wildman–Crippen LogP) is 4.22. The van der Waals surface area contributed by atoms with Crippen LogP contribution < -0.4 is 10.3 Å². The van der Waals surface area contributed by atoms with Crippen molar-refractivity contribution in [3.8, 4) is 5.75 Å². The largest absolute Gasteiger partial charge is 0.489 e. The zero-order valence-electron chi connectivity index (χ0n) is 15.7. The lowest BCUT2D eigenvalue weighted by Gasteiger charge is -2.21. The van der Waals surface area contributed by atoms with Crippen LogP contribution in [0, 0.1) is 6.92 Å². The number of allylic oxidation sites excluding steroid dienone is 1. The van der Waals surface area contributed by atoms with Gasteiger partial charge in [0, 0.05) is 40.3 Å². The van der Waals surface area contributed by atoms with E-state index in [0.717, 1.165) is 16.8 Å². The normalized spacial score (nSPS) is 13.9. The number of pyridine rings is 2. The van der Waals surface area contributed by atoms with Crippen LogP contribution >= 0.6 is 11.6 Å². The average molecular weight is 411 g/mol. The summed E-state index contributed by atoms with van der Waals surface area (Å²) in [6.45, 7) is 2.36. The van der Waals surface area contributed by atoms with Crippen molar-refractivity contribution in [3.05, 3.63) is 105 Å². The Balaban J connectivity index is 1.63. The van der Waals surface area contributed by atoms with Gasteiger partial charge < -0.3 is 18.8 Å². The van der Waals surface area contributed by atoms with E-state index in [4.69, 9.17) is 25.8 Å². The summed E-state index contributed by atoms with van der Waals surface area (Å²) in [5.41, 5.74) is 2.36. The second-order valence-corrected chi connectivity index (χ2v) is 6.92. The molecule has 0 saturated heterocycles. The van der Waals surface area contributed by atoms with Crippen molar-refractivity contribution in [1.29, 1.82) is 0 Å². The minimum Gasteiger partial charge on any atom is -0.489 e. The summed E-state index contributed by atoms with van der Waals surface area (Å²) in [5.74, 6) is 0.991. The average Bonchev–Trinajstić information content (AvgIpc) is 3.25. The van der Waals surface area contributed by atoms with Crippen molar-refractivity contribution in [2.45, 2.75) is 19.6 Å². The van der Waals surface area contributed by atoms with Gasteiger partial charge in [0.2, 0.25) is 6.79 Å². The quantitative estimate of drug-likeness (QED) is 0.608. The van der Waals surface area contributed by atoms with Gasteiger partial charge in [-0.1, -0.05) is 35.9 Å². The highest BCUT2D eigenvalue weighted by Crippen LogP contribution is 2.33. The standard InChI is InChI=1S/C22H19ClN2O4/c1-15-16(5-4-9-24-15)12-28-17-8-10-25(21(26)11-17)22(20-13-27-14-29-20)18-6-2-3-7-19(18)23/h2-11,13,22H,12,14H2,1H3. The SMILES string of the molecule is Cc1ncccc1COc1ccn(C(C2=COCO2)c2ccccc2Cl)c(=O)c1. The Morgan fingerprint density at radius 1 is 1.24 bits per heavy atom. The van der Waals surface area contributed by atoms with E-state index in [0.29, 0.717) is 23.1 Å². The molecule has 0 fully saturated rings. The van der Waals surface area contributed by atoms with Gasteiger partial charge in [0.05, 0.1) is 0 Å². The molecule has 1 unspecified atom stereocenters. The second-order valence-electron chi connectivity index (χ2n) is 6.52. The van der Waals surface area contributed by atoms with E-state index in [2.05, 4.69) is 4.98 Å². The molecule has 0 bridgehead atoms. The summed E-state index contributed by atoms with van der Waals surface area (Å²) in [5, 5.41) is 0.535. The van der Waals surface area contributed by atoms with Crippen molar-refractivity contribution in [3.63, 3.8) is 0 Å². The fraction of sp³-hybridized carbons (Fsp3) is 0.182. The first-order valence-electron chi connectivity index (χ1n) is 9.08. The zero-order chi connectivity index (χ0) is 20.2. The summed E-state index contributed by atoms with van der Waals surface area (Å²) in [6.07, 6.45) is 4.92. The molecule has 1 aliphatic heterocycles. The lowest BCUT2D eigenvalue weighted by molar-refractivity contribution is 0.0735. The molecule has 3 heterocycles. The maximum Gasteiger partial charge on any atom is 0.255 e. The fourth-order valence-electron chi connectivity index (χ4n) is 3.14. The first-order chi connectivity index (χ1) is 14.1. The lowest BCUT2D eigenvalue weighted by atomic mass is 10.0. The molecule has 4 rings (SSSR count). The van der Waals surface area contributed by atoms with Crippen molar-refractivity contribution in [2.24, 2.45) is 0 Å². The third kappa shape index (κ3) is 4.12. The molecule has 29 heavy (non-hydrogen) atoms. The number of nitrogens with zero attached hydrogens (tertiary/aromatic N) is 2. The lowest BCUT2D eigenvalue weighted by Crippen LogP contribution is -2.26. The van der Waals surface area contributed by atoms with Crippen LogP contribution in [0.4, 0.5) is 0 Å². The first kappa shape index (κ1) is 19.1. The molecule has 148 valence electrons. The molecule has 3 aromatic rings. The van der Waals surface area contributed by atoms with Crippen molar-refractivity contribution in [1.82, 2.24) is 9.55 Å². The van der Waals surface area contributed by atoms with E-state index in [1.807, 2.05) is 37.3 Å². The van der Waals surface area contributed by atoms with Gasteiger partial charge in [0.25, 0.3) is 5.56 Å². The molecule has 1 atom stereocenters. The number of hydrogen-bond donors (Lipinski definition) is 0. The molecule has 0 amide bonds. The summed E-state index contributed by atoms with van der Waals surface area (Å²) in [6, 6.07) is 13.8. The fourth-order valence-corrected chi connectivity index (χ4v) is 3.38. The number of rotatable bonds is 6. The van der Waals surface area contributed by atoms with E-state index in [9.17, 15) is 4.79 Å². The van der Waals surface area contributed by atoms with Gasteiger partial charge in [-0.3, -0.25) is 9.78 Å². The first-order valence-corrected chi connectivity index (χ1v) is 9.45. The Hall–Kier alpha value is -3.25. The Labute approximate surface area is 172 Å². The molecule has 0 saturated carbocycles. The molecule has 6 nitrogen and oxygen atoms in total. The van der Waals surface area contributed by atoms with E-state index in [-0.39, 0.29) is 12.4 Å². The maximum atomic E-state index is 12.9. The van der Waals surface area contributed by atoms with Gasteiger partial charge >= 0.3 is 0 Å². The molecule has 0 N–H and O–H groups in total. The third-order valence-electron chi connectivity index (χ3n) is 4.67. The molecule has 0 spiro atoms. The number of aromatic nitrogens is 2. The van der Waals surface area contributed by atoms with Crippen molar-refractivity contribution in [2.75, 3.05) is 6.79 Å². The van der Waals surface area contributed by atoms with Crippen molar-refractivity contribution < 1.29 is 14.2 Å². The minimum absolute atomic E-state index is 0.108. The van der Waals surface area contributed by atoms with Gasteiger partial charge in [-0.05, 0) is 25.1 Å². The molecule has 7 heteroatoms. The summed E-state index contributed by atoms with van der Waals surface area (Å²) >= 11 is 6.39. The highest BCUT2D eigenvalue weighted by Gasteiger charge is 2.26. The van der Waals surface area contributed by atoms with Crippen LogP contribution in [0.2, 0.25) is 5.02 Å². The molecule has 1 aromatic carbocycles. The van der Waals surface area contributed by atoms with Gasteiger partial charge in [0.1, 0.15) is 24.7 Å². The van der Waals surface area contributed by atoms with E-state index in [1.54, 1.807) is 29.1 Å². The second kappa shape index (κ2) is 8.41. The van der Waals surface area contributed by atoms with Crippen LogP contribution in [-0.2, 0) is 16.1 Å². The summed E-state index contributed by atoms with van der Waals surface area (Å²) in [7, 11) is 0. The Bertz CT molecular complexity index is 1110. The maximum absolute atomic E-state index is 12.9. The van der Waals surface area contributed by atoms with Crippen LogP contribution in [0.25, 0.3) is 0 Å². The minimum atomic E-state index is -0.534. The third-order valence-corrected chi connectivity index (χ3v) is 5.02. The monoisotopic (exact) mass is 410 g/mol. The number of halogens is 1. The summed E-state index contributed by atoms with van der Waals surface area (Å²) in [4.78, 5) is 17.1. The molecule has 2 aromatic heterocycles. The molecule has 0 aliphatic carbocycles. The van der Waals surface area contributed by atoms with Crippen LogP contribution in [0.15, 0.2) is 77.7 Å². The number of aryl methyl sites for hydroxylation is 1. The van der Waals surface area contributed by atoms with Crippen LogP contribution in [0.5, 0.6) is 5.75 Å². The van der Waals surface area contributed by atoms with Crippen molar-refractivity contribution >= 4 is 11.6 Å². The molecule has 0 radical (unpaired) electrons. The van der Waals surface area contributed by atoms with E-state index in [1.165, 1.54) is 12.3 Å². The zero-order valence-corrected chi connectivity index (χ0v) is 16.5. The van der Waals surface area contributed by atoms with E-state index < -0.39 is 6.04 Å². The van der Waals surface area contributed by atoms with Crippen LogP contribution in [-0.4, -0.2) is 16.3 Å². The highest BCUT2D eigenvalue weighted by molar-refractivity contribution is 6.31. The van der Waals surface area contributed by atoms with Gasteiger partial charge in [0.15, 0.2) is 5.76 Å². The number of hydrogen-bond acceptors (Lipinski definition) is 5. The molecule has 1 aliphatic rings. The predicted molar refractivity (Wildman–Crippen MR) is 109 cm³/mol. The number of benzene rings is 1. The van der Waals surface area contributed by atoms with E-state index >= 15 is 0 Å². The molecular weight excluding hydrogens is 392 g/mol. The topological polar surface area (TPSA) is 62.6 Å². The Kier molecular flexibility index (Phi) is 5.53. The molecular formula is C22H19ClN2O4. The van der Waals surface area contributed by atoms with Gasteiger partial charge in [-0.15, -0.1) is 0 Å². The smallest absolute Gasteiger partial charge is 0.255 e. The highest BCUT2D eigenvalue weighted by atomic mass is 35.5. The van der Waals surface area contributed by atoms with Gasteiger partial charge in [-0.25, -0.2) is 0 Å². The summed E-state index contributed by atoms with van der Waals surface area (Å²) < 4.78 is 18.1. The van der Waals surface area contributed by atoms with Gasteiger partial charge in [-0.2, -0.15) is 0 Å². The Morgan fingerprint density at radius 2 is 2.10 bits per heavy atom. The number of ether oxygens (including phenoxy) is 3. The van der Waals surface area contributed by atoms with Crippen LogP contribution in [0.1, 0.15) is 22.9 Å². The Morgan fingerprint density at radius 3 is 2.83 bits per heavy atom.